The summed E-state index contributed by atoms with van der Waals surface area (Å²) < 4.78 is 7.44. The molecule has 0 bridgehead atoms. The zero-order valence-electron chi connectivity index (χ0n) is 18.0. The fourth-order valence-corrected chi connectivity index (χ4v) is 4.09. The minimum absolute atomic E-state index is 0.219. The highest BCUT2D eigenvalue weighted by Crippen LogP contribution is 2.30. The van der Waals surface area contributed by atoms with Crippen molar-refractivity contribution in [3.8, 4) is 0 Å². The summed E-state index contributed by atoms with van der Waals surface area (Å²) in [6.07, 6.45) is 3.84. The molecule has 3 aromatic rings. The number of aromatic nitrogens is 5. The number of ether oxygens (including phenoxy) is 1. The highest BCUT2D eigenvalue weighted by atomic mass is 16.5. The average Bonchev–Trinajstić information content (AvgIpc) is 3.15. The second-order valence-electron chi connectivity index (χ2n) is 8.40. The second kappa shape index (κ2) is 7.83. The first-order valence-electron chi connectivity index (χ1n) is 10.9. The van der Waals surface area contributed by atoms with Gasteiger partial charge in [0, 0.05) is 62.2 Å². The van der Waals surface area contributed by atoms with E-state index in [0.717, 1.165) is 80.2 Å². The van der Waals surface area contributed by atoms with Crippen LogP contribution in [0, 0.1) is 13.8 Å². The topological polar surface area (TPSA) is 71.7 Å². The first-order chi connectivity index (χ1) is 14.6. The molecular formula is C22H29N7O. The van der Waals surface area contributed by atoms with Crippen molar-refractivity contribution in [3.05, 3.63) is 41.2 Å². The number of rotatable bonds is 5. The molecule has 0 N–H and O–H groups in total. The number of aryl methyl sites for hydroxylation is 2. The Morgan fingerprint density at radius 1 is 1.03 bits per heavy atom. The molecule has 0 saturated carbocycles. The maximum absolute atomic E-state index is 5.54. The number of morpholine rings is 1. The predicted molar refractivity (Wildman–Crippen MR) is 116 cm³/mol. The predicted octanol–water partition coefficient (Wildman–Crippen LogP) is 2.53. The summed E-state index contributed by atoms with van der Waals surface area (Å²) in [5.74, 6) is 2.15. The Labute approximate surface area is 176 Å². The zero-order valence-corrected chi connectivity index (χ0v) is 18.0. The van der Waals surface area contributed by atoms with E-state index in [1.54, 1.807) is 0 Å². The first kappa shape index (κ1) is 19.2. The highest BCUT2D eigenvalue weighted by molar-refractivity contribution is 5.58. The second-order valence-corrected chi connectivity index (χ2v) is 8.40. The summed E-state index contributed by atoms with van der Waals surface area (Å²) in [5, 5.41) is 4.74. The fraction of sp³-hybridized carbons (Fsp3) is 0.545. The van der Waals surface area contributed by atoms with E-state index in [1.807, 2.05) is 24.6 Å². The Kier molecular flexibility index (Phi) is 5.02. The standard InChI is InChI=1S/C22H29N7O/c1-15(11-20-25-22-17(3)23-14-16(2)29(22)26-20)19-12-18(27-7-9-30-10-8-27)13-21(24-19)28-5-4-6-28/h12-15H,4-11H2,1-3H3. The molecule has 0 aliphatic carbocycles. The van der Waals surface area contributed by atoms with Gasteiger partial charge in [-0.3, -0.25) is 4.98 Å². The Balaban J connectivity index is 1.44. The van der Waals surface area contributed by atoms with Gasteiger partial charge >= 0.3 is 0 Å². The van der Waals surface area contributed by atoms with Crippen LogP contribution in [0.25, 0.3) is 5.65 Å². The van der Waals surface area contributed by atoms with Gasteiger partial charge in [-0.15, -0.1) is 0 Å². The summed E-state index contributed by atoms with van der Waals surface area (Å²) >= 11 is 0. The molecule has 2 aliphatic rings. The number of fused-ring (bicyclic) bond motifs is 1. The lowest BCUT2D eigenvalue weighted by Gasteiger charge is -2.35. The molecule has 8 nitrogen and oxygen atoms in total. The van der Waals surface area contributed by atoms with Crippen LogP contribution in [-0.4, -0.2) is 64.0 Å². The third kappa shape index (κ3) is 3.60. The van der Waals surface area contributed by atoms with Crippen LogP contribution in [0.15, 0.2) is 18.3 Å². The van der Waals surface area contributed by atoms with Gasteiger partial charge in [0.25, 0.3) is 0 Å². The molecule has 1 unspecified atom stereocenters. The lowest BCUT2D eigenvalue weighted by Crippen LogP contribution is -2.39. The molecule has 0 amide bonds. The number of hydrogen-bond donors (Lipinski definition) is 0. The minimum atomic E-state index is 0.219. The molecule has 30 heavy (non-hydrogen) atoms. The molecule has 0 radical (unpaired) electrons. The van der Waals surface area contributed by atoms with Gasteiger partial charge in [0.1, 0.15) is 5.82 Å². The van der Waals surface area contributed by atoms with Crippen LogP contribution in [0.5, 0.6) is 0 Å². The van der Waals surface area contributed by atoms with E-state index in [2.05, 4.69) is 33.8 Å². The Morgan fingerprint density at radius 2 is 1.83 bits per heavy atom. The van der Waals surface area contributed by atoms with Crippen molar-refractivity contribution in [2.45, 2.75) is 39.5 Å². The number of hydrogen-bond acceptors (Lipinski definition) is 7. The van der Waals surface area contributed by atoms with Gasteiger partial charge in [-0.25, -0.2) is 14.5 Å². The van der Waals surface area contributed by atoms with E-state index < -0.39 is 0 Å². The fourth-order valence-electron chi connectivity index (χ4n) is 4.09. The van der Waals surface area contributed by atoms with Crippen LogP contribution < -0.4 is 9.80 Å². The van der Waals surface area contributed by atoms with E-state index in [4.69, 9.17) is 19.8 Å². The SMILES string of the molecule is Cc1ncc(C)n2nc(CC(C)c3cc(N4CCOCC4)cc(N4CCC4)n3)nc12. The smallest absolute Gasteiger partial charge is 0.177 e. The van der Waals surface area contributed by atoms with Crippen molar-refractivity contribution in [3.63, 3.8) is 0 Å². The summed E-state index contributed by atoms with van der Waals surface area (Å²) in [5.41, 5.74) is 5.09. The molecule has 2 saturated heterocycles. The average molecular weight is 408 g/mol. The van der Waals surface area contributed by atoms with E-state index in [9.17, 15) is 0 Å². The maximum atomic E-state index is 5.54. The molecule has 5 heterocycles. The van der Waals surface area contributed by atoms with E-state index in [-0.39, 0.29) is 5.92 Å². The maximum Gasteiger partial charge on any atom is 0.177 e. The van der Waals surface area contributed by atoms with Crippen LogP contribution in [-0.2, 0) is 11.2 Å². The normalized spacial score (nSPS) is 18.0. The van der Waals surface area contributed by atoms with Crippen molar-refractivity contribution in [1.29, 1.82) is 0 Å². The van der Waals surface area contributed by atoms with Crippen molar-refractivity contribution in [1.82, 2.24) is 24.6 Å². The molecule has 3 aromatic heterocycles. The van der Waals surface area contributed by atoms with Gasteiger partial charge in [0.15, 0.2) is 11.5 Å². The Bertz CT molecular complexity index is 1010. The molecule has 1 atom stereocenters. The molecular weight excluding hydrogens is 378 g/mol. The molecule has 0 aromatic carbocycles. The van der Waals surface area contributed by atoms with Crippen LogP contribution in [0.4, 0.5) is 11.5 Å². The number of nitrogens with zero attached hydrogens (tertiary/aromatic N) is 7. The molecule has 8 heteroatoms. The zero-order chi connectivity index (χ0) is 20.7. The molecule has 5 rings (SSSR count). The summed E-state index contributed by atoms with van der Waals surface area (Å²) in [7, 11) is 0. The summed E-state index contributed by atoms with van der Waals surface area (Å²) in [6, 6.07) is 4.48. The van der Waals surface area contributed by atoms with Crippen molar-refractivity contribution >= 4 is 17.2 Å². The minimum Gasteiger partial charge on any atom is -0.378 e. The number of pyridine rings is 1. The van der Waals surface area contributed by atoms with Crippen LogP contribution in [0.1, 0.15) is 42.2 Å². The van der Waals surface area contributed by atoms with Gasteiger partial charge < -0.3 is 14.5 Å². The van der Waals surface area contributed by atoms with Gasteiger partial charge in [-0.2, -0.15) is 5.10 Å². The van der Waals surface area contributed by atoms with Crippen LogP contribution >= 0.6 is 0 Å². The van der Waals surface area contributed by atoms with E-state index >= 15 is 0 Å². The first-order valence-corrected chi connectivity index (χ1v) is 10.9. The third-order valence-corrected chi connectivity index (χ3v) is 6.12. The van der Waals surface area contributed by atoms with Gasteiger partial charge in [-0.1, -0.05) is 6.92 Å². The quantitative estimate of drug-likeness (QED) is 0.644. The lowest BCUT2D eigenvalue weighted by atomic mass is 10.0. The summed E-state index contributed by atoms with van der Waals surface area (Å²) in [4.78, 5) is 19.0. The van der Waals surface area contributed by atoms with Gasteiger partial charge in [0.05, 0.1) is 24.6 Å². The summed E-state index contributed by atoms with van der Waals surface area (Å²) in [6.45, 7) is 11.8. The van der Waals surface area contributed by atoms with E-state index in [0.29, 0.717) is 0 Å². The van der Waals surface area contributed by atoms with Crippen molar-refractivity contribution < 1.29 is 4.74 Å². The van der Waals surface area contributed by atoms with Crippen LogP contribution in [0.2, 0.25) is 0 Å². The third-order valence-electron chi connectivity index (χ3n) is 6.12. The monoisotopic (exact) mass is 407 g/mol. The lowest BCUT2D eigenvalue weighted by molar-refractivity contribution is 0.122. The number of anilines is 2. The largest absolute Gasteiger partial charge is 0.378 e. The Morgan fingerprint density at radius 3 is 2.53 bits per heavy atom. The van der Waals surface area contributed by atoms with E-state index in [1.165, 1.54) is 12.1 Å². The molecule has 158 valence electrons. The van der Waals surface area contributed by atoms with Crippen LogP contribution in [0.3, 0.4) is 0 Å². The Hall–Kier alpha value is -2.74. The van der Waals surface area contributed by atoms with Crippen molar-refractivity contribution in [2.75, 3.05) is 49.2 Å². The van der Waals surface area contributed by atoms with Gasteiger partial charge in [0.2, 0.25) is 0 Å². The molecule has 0 spiro atoms. The highest BCUT2D eigenvalue weighted by Gasteiger charge is 2.22. The molecule has 2 fully saturated rings. The molecule has 2 aliphatic heterocycles. The van der Waals surface area contributed by atoms with Crippen molar-refractivity contribution in [2.24, 2.45) is 0 Å². The van der Waals surface area contributed by atoms with Gasteiger partial charge in [-0.05, 0) is 26.3 Å².